The smallest absolute Gasteiger partial charge is 0.270 e. The zero-order valence-electron chi connectivity index (χ0n) is 20.1. The number of hydrogen-bond donors (Lipinski definition) is 2. The summed E-state index contributed by atoms with van der Waals surface area (Å²) in [5.41, 5.74) is 2.19. The third-order valence-electron chi connectivity index (χ3n) is 6.43. The molecule has 0 saturated heterocycles. The molecule has 2 aromatic rings. The molecule has 1 aliphatic carbocycles. The number of halogens is 1. The van der Waals surface area contributed by atoms with Gasteiger partial charge in [0.05, 0.1) is 12.8 Å². The highest BCUT2D eigenvalue weighted by Crippen LogP contribution is 2.33. The van der Waals surface area contributed by atoms with E-state index in [0.29, 0.717) is 35.1 Å². The molecule has 1 unspecified atom stereocenters. The molecule has 9 nitrogen and oxygen atoms in total. The first kappa shape index (κ1) is 24.6. The number of ether oxygens (including phenoxy) is 1. The first-order chi connectivity index (χ1) is 16.8. The molecule has 10 heteroatoms. The van der Waals surface area contributed by atoms with Crippen LogP contribution in [0.1, 0.15) is 66.6 Å². The number of rotatable bonds is 7. The van der Waals surface area contributed by atoms with Crippen LogP contribution in [0.4, 0.5) is 4.39 Å². The Kier molecular flexibility index (Phi) is 7.57. The number of hydrogen-bond acceptors (Lipinski definition) is 7. The van der Waals surface area contributed by atoms with E-state index in [1.54, 1.807) is 32.0 Å². The number of carbonyl (C=O) groups excluding carboxylic acids is 2. The van der Waals surface area contributed by atoms with Gasteiger partial charge in [-0.2, -0.15) is 0 Å². The number of nitrogens with one attached hydrogen (secondary N) is 2. The molecule has 4 rings (SSSR count). The third kappa shape index (κ3) is 6.12. The molecular weight excluding hydrogens is 453 g/mol. The van der Waals surface area contributed by atoms with Crippen LogP contribution in [-0.2, 0) is 16.2 Å². The lowest BCUT2D eigenvalue weighted by Crippen LogP contribution is -2.38. The molecule has 0 bridgehead atoms. The van der Waals surface area contributed by atoms with Crippen LogP contribution in [0.5, 0.6) is 5.75 Å². The maximum atomic E-state index is 13.6. The predicted octanol–water partition coefficient (Wildman–Crippen LogP) is 3.05. The number of oxime groups is 1. The summed E-state index contributed by atoms with van der Waals surface area (Å²) < 4.78 is 18.6. The first-order valence-corrected chi connectivity index (χ1v) is 11.8. The minimum Gasteiger partial charge on any atom is -0.494 e. The zero-order chi connectivity index (χ0) is 24.9. The summed E-state index contributed by atoms with van der Waals surface area (Å²) in [4.78, 5) is 38.5. The van der Waals surface area contributed by atoms with E-state index in [1.165, 1.54) is 13.2 Å². The lowest BCUT2D eigenvalue weighted by Gasteiger charge is -2.31. The van der Waals surface area contributed by atoms with Crippen molar-refractivity contribution >= 4 is 17.5 Å². The quantitative estimate of drug-likeness (QED) is 0.626. The van der Waals surface area contributed by atoms with Gasteiger partial charge >= 0.3 is 0 Å². The zero-order valence-corrected chi connectivity index (χ0v) is 20.1. The van der Waals surface area contributed by atoms with Gasteiger partial charge in [-0.3, -0.25) is 9.59 Å². The van der Waals surface area contributed by atoms with Crippen molar-refractivity contribution in [3.05, 3.63) is 52.9 Å². The highest BCUT2D eigenvalue weighted by atomic mass is 19.1. The molecule has 2 heterocycles. The Bertz CT molecular complexity index is 1130. The number of nitrogens with zero attached hydrogens (tertiary/aromatic N) is 3. The number of aromatic nitrogens is 2. The minimum atomic E-state index is -0.461. The molecule has 2 amide bonds. The molecule has 1 aromatic carbocycles. The van der Waals surface area contributed by atoms with E-state index in [2.05, 4.69) is 25.8 Å². The molecule has 1 atom stereocenters. The molecule has 1 fully saturated rings. The first-order valence-electron chi connectivity index (χ1n) is 11.8. The van der Waals surface area contributed by atoms with Crippen LogP contribution in [0, 0.1) is 18.7 Å². The van der Waals surface area contributed by atoms with Crippen LogP contribution < -0.4 is 15.4 Å². The second-order valence-electron chi connectivity index (χ2n) is 9.04. The lowest BCUT2D eigenvalue weighted by atomic mass is 9.81. The fourth-order valence-electron chi connectivity index (χ4n) is 4.64. The van der Waals surface area contributed by atoms with Gasteiger partial charge in [0.2, 0.25) is 5.91 Å². The van der Waals surface area contributed by atoms with Crippen molar-refractivity contribution < 1.29 is 23.6 Å². The van der Waals surface area contributed by atoms with Crippen LogP contribution in [0.25, 0.3) is 0 Å². The molecule has 35 heavy (non-hydrogen) atoms. The molecule has 186 valence electrons. The summed E-state index contributed by atoms with van der Waals surface area (Å²) in [7, 11) is 1.39. The van der Waals surface area contributed by atoms with Gasteiger partial charge < -0.3 is 20.2 Å². The average molecular weight is 484 g/mol. The molecule has 2 N–H and O–H groups in total. The highest BCUT2D eigenvalue weighted by molar-refractivity contribution is 6.01. The Labute approximate surface area is 203 Å². The highest BCUT2D eigenvalue weighted by Gasteiger charge is 2.34. The summed E-state index contributed by atoms with van der Waals surface area (Å²) >= 11 is 0. The van der Waals surface area contributed by atoms with E-state index in [1.807, 2.05) is 0 Å². The fraction of sp³-hybridized carbons (Fsp3) is 0.480. The van der Waals surface area contributed by atoms with E-state index >= 15 is 0 Å². The van der Waals surface area contributed by atoms with Gasteiger partial charge in [0.25, 0.3) is 5.91 Å². The van der Waals surface area contributed by atoms with E-state index in [0.717, 1.165) is 25.7 Å². The van der Waals surface area contributed by atoms with Gasteiger partial charge in [-0.25, -0.2) is 14.4 Å². The van der Waals surface area contributed by atoms with E-state index in [-0.39, 0.29) is 41.9 Å². The third-order valence-corrected chi connectivity index (χ3v) is 6.43. The second-order valence-corrected chi connectivity index (χ2v) is 9.04. The number of carbonyl (C=O) groups is 2. The summed E-state index contributed by atoms with van der Waals surface area (Å²) in [6.07, 6.45) is 4.35. The predicted molar refractivity (Wildman–Crippen MR) is 126 cm³/mol. The molecular formula is C25H30FN5O4. The molecule has 1 saturated carbocycles. The van der Waals surface area contributed by atoms with Crippen molar-refractivity contribution in [3.63, 3.8) is 0 Å². The Morgan fingerprint density at radius 1 is 1.17 bits per heavy atom. The van der Waals surface area contributed by atoms with Crippen LogP contribution in [0.2, 0.25) is 0 Å². The SMILES string of the molecule is COc1cc(CNC(=O)c2cc(C3=NOC(C4CCC(NC(C)=O)CC4)C3)nc(C)n2)ccc1F. The Morgan fingerprint density at radius 3 is 2.66 bits per heavy atom. The summed E-state index contributed by atoms with van der Waals surface area (Å²) in [6.45, 7) is 3.47. The minimum absolute atomic E-state index is 0.00699. The number of aryl methyl sites for hydroxylation is 1. The number of methoxy groups -OCH3 is 1. The number of benzene rings is 1. The van der Waals surface area contributed by atoms with E-state index < -0.39 is 5.82 Å². The Hall–Kier alpha value is -3.56. The Balaban J connectivity index is 1.36. The van der Waals surface area contributed by atoms with Gasteiger partial charge in [-0.05, 0) is 62.3 Å². The topological polar surface area (TPSA) is 115 Å². The summed E-state index contributed by atoms with van der Waals surface area (Å²) in [6, 6.07) is 6.27. The molecule has 1 aliphatic heterocycles. The van der Waals surface area contributed by atoms with Crippen LogP contribution >= 0.6 is 0 Å². The monoisotopic (exact) mass is 483 g/mol. The molecule has 2 aliphatic rings. The van der Waals surface area contributed by atoms with Crippen LogP contribution in [-0.4, -0.2) is 46.7 Å². The van der Waals surface area contributed by atoms with Crippen molar-refractivity contribution in [1.29, 1.82) is 0 Å². The summed E-state index contributed by atoms with van der Waals surface area (Å²) in [5.74, 6) is 0.115. The van der Waals surface area contributed by atoms with Gasteiger partial charge in [0.1, 0.15) is 23.3 Å². The van der Waals surface area contributed by atoms with Gasteiger partial charge in [-0.1, -0.05) is 11.2 Å². The summed E-state index contributed by atoms with van der Waals surface area (Å²) in [5, 5.41) is 10.1. The maximum absolute atomic E-state index is 13.6. The molecule has 1 aromatic heterocycles. The Morgan fingerprint density at radius 2 is 1.94 bits per heavy atom. The van der Waals surface area contributed by atoms with Gasteiger partial charge in [0.15, 0.2) is 11.6 Å². The van der Waals surface area contributed by atoms with Crippen molar-refractivity contribution in [2.24, 2.45) is 11.1 Å². The molecule has 0 spiro atoms. The van der Waals surface area contributed by atoms with Gasteiger partial charge in [0, 0.05) is 25.9 Å². The van der Waals surface area contributed by atoms with Gasteiger partial charge in [-0.15, -0.1) is 0 Å². The standard InChI is InChI=1S/C25H30FN5O4/c1-14-28-20(21-12-23(35-31-21)17-5-7-18(8-6-17)30-15(2)32)11-22(29-14)25(33)27-13-16-4-9-19(26)24(10-16)34-3/h4,9-11,17-18,23H,5-8,12-13H2,1-3H3,(H,27,33)(H,30,32). The normalized spacial score (nSPS) is 21.6. The van der Waals surface area contributed by atoms with E-state index in [9.17, 15) is 14.0 Å². The fourth-order valence-corrected chi connectivity index (χ4v) is 4.64. The van der Waals surface area contributed by atoms with Crippen molar-refractivity contribution in [2.75, 3.05) is 7.11 Å². The average Bonchev–Trinajstić information content (AvgIpc) is 3.33. The number of amides is 2. The van der Waals surface area contributed by atoms with Crippen molar-refractivity contribution in [3.8, 4) is 5.75 Å². The van der Waals surface area contributed by atoms with Crippen molar-refractivity contribution in [2.45, 2.75) is 64.6 Å². The maximum Gasteiger partial charge on any atom is 0.270 e. The van der Waals surface area contributed by atoms with E-state index in [4.69, 9.17) is 9.57 Å². The second kappa shape index (κ2) is 10.8. The van der Waals surface area contributed by atoms with Crippen LogP contribution in [0.3, 0.4) is 0 Å². The van der Waals surface area contributed by atoms with Crippen LogP contribution in [0.15, 0.2) is 29.4 Å². The molecule has 0 radical (unpaired) electrons. The lowest BCUT2D eigenvalue weighted by molar-refractivity contribution is -0.120. The largest absolute Gasteiger partial charge is 0.494 e. The van der Waals surface area contributed by atoms with Crippen molar-refractivity contribution in [1.82, 2.24) is 20.6 Å².